The summed E-state index contributed by atoms with van der Waals surface area (Å²) in [6, 6.07) is 10.3. The highest BCUT2D eigenvalue weighted by Crippen LogP contribution is 2.27. The van der Waals surface area contributed by atoms with E-state index in [0.717, 1.165) is 29.5 Å². The minimum absolute atomic E-state index is 0.765. The summed E-state index contributed by atoms with van der Waals surface area (Å²) in [5.74, 6) is 0. The number of halogens is 1. The van der Waals surface area contributed by atoms with Crippen molar-refractivity contribution in [3.63, 3.8) is 0 Å². The number of nitrogens with one attached hydrogen (secondary N) is 1. The molecule has 1 N–H and O–H groups in total. The largest absolute Gasteiger partial charge is 0.379 e. The van der Waals surface area contributed by atoms with Crippen LogP contribution in [-0.4, -0.2) is 18.7 Å². The maximum atomic E-state index is 6.26. The first-order chi connectivity index (χ1) is 9.11. The van der Waals surface area contributed by atoms with Crippen LogP contribution in [0.4, 0.5) is 11.4 Å². The minimum Gasteiger partial charge on any atom is -0.379 e. The number of anilines is 2. The number of aryl methyl sites for hydroxylation is 1. The van der Waals surface area contributed by atoms with Gasteiger partial charge in [-0.25, -0.2) is 0 Å². The highest BCUT2D eigenvalue weighted by atomic mass is 35.5. The lowest BCUT2D eigenvalue weighted by Gasteiger charge is -2.16. The van der Waals surface area contributed by atoms with E-state index in [1.807, 2.05) is 31.1 Å². The van der Waals surface area contributed by atoms with Crippen molar-refractivity contribution in [1.82, 2.24) is 4.57 Å². The summed E-state index contributed by atoms with van der Waals surface area (Å²) in [7, 11) is 3.98. The zero-order valence-electron chi connectivity index (χ0n) is 11.7. The standard InChI is InChI=1S/C15H20ClN3/c1-4-19-9-5-6-13(19)11-17-12-7-8-15(18(2)3)14(16)10-12/h5-10,17H,4,11H2,1-3H3. The second kappa shape index (κ2) is 6.02. The Morgan fingerprint density at radius 3 is 2.68 bits per heavy atom. The van der Waals surface area contributed by atoms with Crippen LogP contribution in [0.15, 0.2) is 36.5 Å². The Kier molecular flexibility index (Phi) is 4.38. The second-order valence-corrected chi connectivity index (χ2v) is 5.11. The quantitative estimate of drug-likeness (QED) is 0.896. The molecule has 0 unspecified atom stereocenters. The van der Waals surface area contributed by atoms with Crippen molar-refractivity contribution in [3.8, 4) is 0 Å². The van der Waals surface area contributed by atoms with Gasteiger partial charge >= 0.3 is 0 Å². The van der Waals surface area contributed by atoms with Gasteiger partial charge in [0.2, 0.25) is 0 Å². The number of aromatic nitrogens is 1. The van der Waals surface area contributed by atoms with Crippen LogP contribution < -0.4 is 10.2 Å². The van der Waals surface area contributed by atoms with Gasteiger partial charge < -0.3 is 14.8 Å². The molecule has 1 aromatic heterocycles. The zero-order valence-corrected chi connectivity index (χ0v) is 12.4. The molecular formula is C15H20ClN3. The molecule has 4 heteroatoms. The molecule has 0 aliphatic heterocycles. The number of hydrogen-bond acceptors (Lipinski definition) is 2. The fourth-order valence-corrected chi connectivity index (χ4v) is 2.44. The molecule has 0 atom stereocenters. The Morgan fingerprint density at radius 2 is 2.05 bits per heavy atom. The third kappa shape index (κ3) is 3.24. The van der Waals surface area contributed by atoms with Gasteiger partial charge in [0.1, 0.15) is 0 Å². The third-order valence-electron chi connectivity index (χ3n) is 3.17. The van der Waals surface area contributed by atoms with Gasteiger partial charge in [0.05, 0.1) is 17.3 Å². The van der Waals surface area contributed by atoms with Crippen molar-refractivity contribution in [2.75, 3.05) is 24.3 Å². The first-order valence-corrected chi connectivity index (χ1v) is 6.84. The van der Waals surface area contributed by atoms with Gasteiger partial charge in [0.15, 0.2) is 0 Å². The Bertz CT molecular complexity index is 546. The lowest BCUT2D eigenvalue weighted by atomic mass is 10.2. The van der Waals surface area contributed by atoms with E-state index in [4.69, 9.17) is 11.6 Å². The van der Waals surface area contributed by atoms with E-state index in [0.29, 0.717) is 0 Å². The summed E-state index contributed by atoms with van der Waals surface area (Å²) in [4.78, 5) is 2.01. The van der Waals surface area contributed by atoms with E-state index in [1.54, 1.807) is 0 Å². The van der Waals surface area contributed by atoms with Gasteiger partial charge in [-0.3, -0.25) is 0 Å². The molecule has 2 aromatic rings. The molecular weight excluding hydrogens is 258 g/mol. The van der Waals surface area contributed by atoms with Gasteiger partial charge in [0.25, 0.3) is 0 Å². The molecule has 0 spiro atoms. The normalized spacial score (nSPS) is 10.5. The molecule has 0 radical (unpaired) electrons. The molecule has 0 aliphatic rings. The van der Waals surface area contributed by atoms with Crippen molar-refractivity contribution < 1.29 is 0 Å². The van der Waals surface area contributed by atoms with Gasteiger partial charge in [-0.05, 0) is 37.3 Å². The van der Waals surface area contributed by atoms with Crippen LogP contribution in [0.2, 0.25) is 5.02 Å². The van der Waals surface area contributed by atoms with E-state index in [-0.39, 0.29) is 0 Å². The summed E-state index contributed by atoms with van der Waals surface area (Å²) < 4.78 is 2.22. The first-order valence-electron chi connectivity index (χ1n) is 6.46. The monoisotopic (exact) mass is 277 g/mol. The van der Waals surface area contributed by atoms with Crippen LogP contribution >= 0.6 is 11.6 Å². The van der Waals surface area contributed by atoms with Crippen LogP contribution in [0.3, 0.4) is 0 Å². The molecule has 0 aliphatic carbocycles. The van der Waals surface area contributed by atoms with Crippen molar-refractivity contribution in [3.05, 3.63) is 47.2 Å². The molecule has 19 heavy (non-hydrogen) atoms. The summed E-state index contributed by atoms with van der Waals surface area (Å²) in [6.07, 6.45) is 2.10. The predicted octanol–water partition coefficient (Wildman–Crippen LogP) is 3.84. The topological polar surface area (TPSA) is 20.2 Å². The molecule has 1 heterocycles. The Balaban J connectivity index is 2.06. The van der Waals surface area contributed by atoms with Crippen LogP contribution in [0.25, 0.3) is 0 Å². The smallest absolute Gasteiger partial charge is 0.0659 e. The SMILES string of the molecule is CCn1cccc1CNc1ccc(N(C)C)c(Cl)c1. The molecule has 0 fully saturated rings. The molecule has 102 valence electrons. The Labute approximate surface area is 119 Å². The molecule has 3 nitrogen and oxygen atoms in total. The highest BCUT2D eigenvalue weighted by molar-refractivity contribution is 6.33. The molecule has 2 rings (SSSR count). The molecule has 0 bridgehead atoms. The number of rotatable bonds is 5. The van der Waals surface area contributed by atoms with Gasteiger partial charge in [0, 0.05) is 38.2 Å². The summed E-state index contributed by atoms with van der Waals surface area (Å²) >= 11 is 6.26. The van der Waals surface area contributed by atoms with Crippen LogP contribution in [-0.2, 0) is 13.1 Å². The lowest BCUT2D eigenvalue weighted by Crippen LogP contribution is -2.10. The average molecular weight is 278 g/mol. The van der Waals surface area contributed by atoms with Crippen molar-refractivity contribution in [2.24, 2.45) is 0 Å². The van der Waals surface area contributed by atoms with E-state index in [2.05, 4.69) is 41.2 Å². The van der Waals surface area contributed by atoms with E-state index in [9.17, 15) is 0 Å². The van der Waals surface area contributed by atoms with Gasteiger partial charge in [-0.2, -0.15) is 0 Å². The fraction of sp³-hybridized carbons (Fsp3) is 0.333. The van der Waals surface area contributed by atoms with Crippen molar-refractivity contribution >= 4 is 23.0 Å². The molecule has 1 aromatic carbocycles. The number of nitrogens with zero attached hydrogens (tertiary/aromatic N) is 2. The maximum Gasteiger partial charge on any atom is 0.0659 e. The second-order valence-electron chi connectivity index (χ2n) is 4.70. The van der Waals surface area contributed by atoms with E-state index < -0.39 is 0 Å². The fourth-order valence-electron chi connectivity index (χ4n) is 2.09. The van der Waals surface area contributed by atoms with Crippen molar-refractivity contribution in [2.45, 2.75) is 20.0 Å². The average Bonchev–Trinajstić information content (AvgIpc) is 2.83. The van der Waals surface area contributed by atoms with Gasteiger partial charge in [-0.1, -0.05) is 11.6 Å². The van der Waals surface area contributed by atoms with Crippen LogP contribution in [0.5, 0.6) is 0 Å². The predicted molar refractivity (Wildman–Crippen MR) is 83.2 cm³/mol. The minimum atomic E-state index is 0.765. The number of benzene rings is 1. The summed E-state index contributed by atoms with van der Waals surface area (Å²) in [5, 5.41) is 4.17. The number of hydrogen-bond donors (Lipinski definition) is 1. The van der Waals surface area contributed by atoms with Crippen molar-refractivity contribution in [1.29, 1.82) is 0 Å². The molecule has 0 saturated heterocycles. The zero-order chi connectivity index (χ0) is 13.8. The Morgan fingerprint density at radius 1 is 1.26 bits per heavy atom. The first kappa shape index (κ1) is 13.8. The van der Waals surface area contributed by atoms with E-state index >= 15 is 0 Å². The summed E-state index contributed by atoms with van der Waals surface area (Å²) in [5.41, 5.74) is 3.35. The van der Waals surface area contributed by atoms with E-state index in [1.165, 1.54) is 5.69 Å². The van der Waals surface area contributed by atoms with Crippen LogP contribution in [0.1, 0.15) is 12.6 Å². The highest BCUT2D eigenvalue weighted by Gasteiger charge is 2.04. The van der Waals surface area contributed by atoms with Gasteiger partial charge in [-0.15, -0.1) is 0 Å². The Hall–Kier alpha value is -1.61. The third-order valence-corrected chi connectivity index (χ3v) is 3.47. The molecule has 0 saturated carbocycles. The maximum absolute atomic E-state index is 6.26. The van der Waals surface area contributed by atoms with Crippen LogP contribution in [0, 0.1) is 0 Å². The summed E-state index contributed by atoms with van der Waals surface area (Å²) in [6.45, 7) is 3.94. The molecule has 0 amide bonds. The lowest BCUT2D eigenvalue weighted by molar-refractivity contribution is 0.724.